The molecule has 0 bridgehead atoms. The second-order valence-electron chi connectivity index (χ2n) is 1.10. The van der Waals surface area contributed by atoms with E-state index in [1.54, 1.807) is 0 Å². The second-order valence-corrected chi connectivity index (χ2v) is 1.10. The van der Waals surface area contributed by atoms with Gasteiger partial charge in [-0.05, 0) is 12.2 Å². The predicted octanol–water partition coefficient (Wildman–Crippen LogP) is 1.73. The van der Waals surface area contributed by atoms with Crippen molar-refractivity contribution in [3.8, 4) is 0 Å². The van der Waals surface area contributed by atoms with Crippen molar-refractivity contribution in [3.05, 3.63) is 37.1 Å². The third kappa shape index (κ3) is 2.21. The third-order valence-corrected chi connectivity index (χ3v) is 0.589. The van der Waals surface area contributed by atoms with Crippen LogP contribution in [0.2, 0.25) is 0 Å². The molecule has 0 aromatic heterocycles. The maximum atomic E-state index is 7.97. The topological polar surface area (TPSA) is 29.5 Å². The maximum Gasteiger partial charge on any atom is 0.164 e. The number of rotatable bonds is 3. The summed E-state index contributed by atoms with van der Waals surface area (Å²) in [6.45, 7) is 6.73. The first-order valence-electron chi connectivity index (χ1n) is 2.11. The van der Waals surface area contributed by atoms with Crippen LogP contribution in [0.15, 0.2) is 37.1 Å². The molecule has 8 heavy (non-hydrogen) atoms. The minimum Gasteiger partial charge on any atom is -0.340 e. The zero-order chi connectivity index (χ0) is 6.41. The molecule has 44 valence electrons. The first-order valence-corrected chi connectivity index (χ1v) is 2.11. The lowest BCUT2D eigenvalue weighted by molar-refractivity contribution is -0.198. The minimum atomic E-state index is 0.292. The van der Waals surface area contributed by atoms with E-state index < -0.39 is 0 Å². The summed E-state index contributed by atoms with van der Waals surface area (Å²) in [5.41, 5.74) is 0. The van der Waals surface area contributed by atoms with E-state index in [9.17, 15) is 0 Å². The lowest BCUT2D eigenvalue weighted by Crippen LogP contribution is -1.78. The molecule has 0 radical (unpaired) electrons. The minimum absolute atomic E-state index is 0.292. The van der Waals surface area contributed by atoms with E-state index in [1.807, 2.05) is 0 Å². The van der Waals surface area contributed by atoms with Gasteiger partial charge in [-0.25, -0.2) is 5.26 Å². The summed E-state index contributed by atoms with van der Waals surface area (Å²) in [7, 11) is 0. The monoisotopic (exact) mass is 112 g/mol. The molecule has 0 atom stereocenters. The molecule has 0 saturated carbocycles. The highest BCUT2D eigenvalue weighted by molar-refractivity contribution is 5.13. The summed E-state index contributed by atoms with van der Waals surface area (Å²) in [6, 6.07) is 0. The van der Waals surface area contributed by atoms with Gasteiger partial charge in [-0.1, -0.05) is 19.2 Å². The van der Waals surface area contributed by atoms with Crippen molar-refractivity contribution in [2.45, 2.75) is 0 Å². The Morgan fingerprint density at radius 2 is 2.12 bits per heavy atom. The molecule has 0 aliphatic carbocycles. The molecule has 0 spiro atoms. The van der Waals surface area contributed by atoms with E-state index >= 15 is 0 Å². The van der Waals surface area contributed by atoms with Gasteiger partial charge in [0.05, 0.1) is 0 Å². The van der Waals surface area contributed by atoms with Crippen molar-refractivity contribution in [2.24, 2.45) is 0 Å². The fraction of sp³-hybridized carbons (Fsp3) is 0. The van der Waals surface area contributed by atoms with Gasteiger partial charge in [-0.2, -0.15) is 0 Å². The normalized spacial score (nSPS) is 10.4. The SMILES string of the molecule is C=C/C=C(\C=C)OO. The highest BCUT2D eigenvalue weighted by atomic mass is 17.1. The summed E-state index contributed by atoms with van der Waals surface area (Å²) in [6.07, 6.45) is 4.36. The Labute approximate surface area is 48.3 Å². The molecule has 0 unspecified atom stereocenters. The molecular formula is C6H8O2. The smallest absolute Gasteiger partial charge is 0.164 e. The number of hydrogen-bond acceptors (Lipinski definition) is 2. The van der Waals surface area contributed by atoms with E-state index in [1.165, 1.54) is 18.2 Å². The molecule has 0 aromatic carbocycles. The van der Waals surface area contributed by atoms with Crippen molar-refractivity contribution < 1.29 is 10.1 Å². The van der Waals surface area contributed by atoms with Crippen LogP contribution in [-0.2, 0) is 4.89 Å². The van der Waals surface area contributed by atoms with Crippen molar-refractivity contribution in [2.75, 3.05) is 0 Å². The lowest BCUT2D eigenvalue weighted by atomic mass is 10.4. The predicted molar refractivity (Wildman–Crippen MR) is 32.2 cm³/mol. The van der Waals surface area contributed by atoms with E-state index in [0.717, 1.165) is 0 Å². The molecule has 0 fully saturated rings. The average Bonchev–Trinajstić information content (AvgIpc) is 1.83. The Balaban J connectivity index is 3.84. The van der Waals surface area contributed by atoms with Crippen molar-refractivity contribution >= 4 is 0 Å². The van der Waals surface area contributed by atoms with Gasteiger partial charge in [0.1, 0.15) is 0 Å². The standard InChI is InChI=1S/C6H8O2/c1-3-5-6(4-2)8-7/h3-5,7H,1-2H2/b6-5+. The second kappa shape index (κ2) is 4.15. The van der Waals surface area contributed by atoms with Crippen LogP contribution in [0.3, 0.4) is 0 Å². The quantitative estimate of drug-likeness (QED) is 0.261. The van der Waals surface area contributed by atoms with Gasteiger partial charge in [0.15, 0.2) is 5.76 Å². The summed E-state index contributed by atoms with van der Waals surface area (Å²) in [4.78, 5) is 3.81. The average molecular weight is 112 g/mol. The van der Waals surface area contributed by atoms with Gasteiger partial charge in [0.25, 0.3) is 0 Å². The molecule has 1 N–H and O–H groups in total. The summed E-state index contributed by atoms with van der Waals surface area (Å²) < 4.78 is 0. The zero-order valence-electron chi connectivity index (χ0n) is 4.50. The fourth-order valence-electron chi connectivity index (χ4n) is 0.252. The van der Waals surface area contributed by atoms with Crippen molar-refractivity contribution in [1.29, 1.82) is 0 Å². The van der Waals surface area contributed by atoms with Crippen LogP contribution in [0.1, 0.15) is 0 Å². The highest BCUT2D eigenvalue weighted by Crippen LogP contribution is 1.93. The van der Waals surface area contributed by atoms with Crippen molar-refractivity contribution in [3.63, 3.8) is 0 Å². The first kappa shape index (κ1) is 6.98. The first-order chi connectivity index (χ1) is 3.85. The summed E-state index contributed by atoms with van der Waals surface area (Å²) in [5, 5.41) is 7.97. The largest absolute Gasteiger partial charge is 0.340 e. The zero-order valence-corrected chi connectivity index (χ0v) is 4.50. The van der Waals surface area contributed by atoms with Gasteiger partial charge in [0, 0.05) is 0 Å². The number of hydrogen-bond donors (Lipinski definition) is 1. The molecule has 0 aromatic rings. The van der Waals surface area contributed by atoms with E-state index in [2.05, 4.69) is 18.0 Å². The molecule has 0 aliphatic rings. The molecular weight excluding hydrogens is 104 g/mol. The Bertz CT molecular complexity index is 114. The Morgan fingerprint density at radius 3 is 2.25 bits per heavy atom. The molecule has 2 nitrogen and oxygen atoms in total. The van der Waals surface area contributed by atoms with Gasteiger partial charge in [-0.15, -0.1) is 0 Å². The van der Waals surface area contributed by atoms with Crippen LogP contribution < -0.4 is 0 Å². The van der Waals surface area contributed by atoms with Crippen LogP contribution in [0, 0.1) is 0 Å². The molecule has 0 amide bonds. The molecule has 2 heteroatoms. The van der Waals surface area contributed by atoms with Crippen molar-refractivity contribution in [1.82, 2.24) is 0 Å². The van der Waals surface area contributed by atoms with Crippen LogP contribution in [0.25, 0.3) is 0 Å². The Kier molecular flexibility index (Phi) is 3.62. The molecule has 0 heterocycles. The molecule has 0 aliphatic heterocycles. The Morgan fingerprint density at radius 1 is 1.50 bits per heavy atom. The fourth-order valence-corrected chi connectivity index (χ4v) is 0.252. The van der Waals surface area contributed by atoms with E-state index in [4.69, 9.17) is 5.26 Å². The van der Waals surface area contributed by atoms with Gasteiger partial charge in [0.2, 0.25) is 0 Å². The Hall–Kier alpha value is -1.02. The lowest BCUT2D eigenvalue weighted by Gasteiger charge is -1.90. The number of allylic oxidation sites excluding steroid dienone is 3. The van der Waals surface area contributed by atoms with Crippen LogP contribution in [0.5, 0.6) is 0 Å². The van der Waals surface area contributed by atoms with E-state index in [0.29, 0.717) is 5.76 Å². The van der Waals surface area contributed by atoms with E-state index in [-0.39, 0.29) is 0 Å². The third-order valence-electron chi connectivity index (χ3n) is 0.589. The molecule has 0 rings (SSSR count). The van der Waals surface area contributed by atoms with Crippen LogP contribution in [-0.4, -0.2) is 5.26 Å². The van der Waals surface area contributed by atoms with Gasteiger partial charge >= 0.3 is 0 Å². The van der Waals surface area contributed by atoms with Gasteiger partial charge < -0.3 is 4.89 Å². The van der Waals surface area contributed by atoms with Crippen LogP contribution >= 0.6 is 0 Å². The van der Waals surface area contributed by atoms with Gasteiger partial charge in [-0.3, -0.25) is 0 Å². The highest BCUT2D eigenvalue weighted by Gasteiger charge is 1.82. The summed E-state index contributed by atoms with van der Waals surface area (Å²) >= 11 is 0. The maximum absolute atomic E-state index is 7.97. The molecule has 0 saturated heterocycles. The summed E-state index contributed by atoms with van der Waals surface area (Å²) in [5.74, 6) is 0.292. The van der Waals surface area contributed by atoms with Crippen LogP contribution in [0.4, 0.5) is 0 Å².